The second-order valence-corrected chi connectivity index (χ2v) is 8.44. The number of hydrogen-bond acceptors (Lipinski definition) is 9. The monoisotopic (exact) mass is 490 g/mol. The molecular weight excluding hydrogens is 452 g/mol. The van der Waals surface area contributed by atoms with Gasteiger partial charge in [0.1, 0.15) is 30.3 Å². The number of primary amides is 1. The van der Waals surface area contributed by atoms with E-state index in [4.69, 9.17) is 24.7 Å². The number of amides is 4. The summed E-state index contributed by atoms with van der Waals surface area (Å²) in [6.07, 6.45) is -0.467. The first-order chi connectivity index (χ1) is 15.8. The topological polar surface area (TPSA) is 184 Å². The molecule has 0 aromatic rings. The lowest BCUT2D eigenvalue weighted by atomic mass is 10.1. The first kappa shape index (κ1) is 31.2. The van der Waals surface area contributed by atoms with Gasteiger partial charge in [0, 0.05) is 7.11 Å². The molecule has 0 saturated heterocycles. The highest BCUT2D eigenvalue weighted by Gasteiger charge is 2.30. The van der Waals surface area contributed by atoms with E-state index < -0.39 is 59.7 Å². The number of nitrogens with two attached hydrogens (primary N) is 1. The summed E-state index contributed by atoms with van der Waals surface area (Å²) >= 11 is 0. The Morgan fingerprint density at radius 2 is 1.35 bits per heavy atom. The Bertz CT molecular complexity index is 694. The number of hydrogen-bond donors (Lipinski definition) is 4. The Morgan fingerprint density at radius 3 is 1.91 bits per heavy atom. The van der Waals surface area contributed by atoms with Crippen molar-refractivity contribution in [2.45, 2.75) is 64.8 Å². The Kier molecular flexibility index (Phi) is 14.7. The van der Waals surface area contributed by atoms with Crippen LogP contribution in [0.15, 0.2) is 0 Å². The zero-order chi connectivity index (χ0) is 26.3. The minimum absolute atomic E-state index is 0.193. The standard InChI is InChI=1S/C21H38N4O9/c1-13(23-17(27)12-33-10-9-32-8-7-31-6)18(28)24-14(2)19(29)25-15(11-16(22)26)20(30)34-21(3,4)5/h13-15H,7-12H2,1-6H3,(H2,22,26)(H,23,27)(H,24,28)(H,25,29)/t13-,14-,15-/m0/s1. The van der Waals surface area contributed by atoms with Crippen molar-refractivity contribution in [3.05, 3.63) is 0 Å². The van der Waals surface area contributed by atoms with Crippen molar-refractivity contribution in [1.29, 1.82) is 0 Å². The van der Waals surface area contributed by atoms with Crippen LogP contribution in [-0.4, -0.2) is 93.5 Å². The van der Waals surface area contributed by atoms with E-state index in [-0.39, 0.29) is 13.2 Å². The Morgan fingerprint density at radius 1 is 0.824 bits per heavy atom. The third-order valence-electron chi connectivity index (χ3n) is 3.97. The molecule has 0 spiro atoms. The molecule has 0 radical (unpaired) electrons. The van der Waals surface area contributed by atoms with Gasteiger partial charge in [-0.3, -0.25) is 19.2 Å². The zero-order valence-corrected chi connectivity index (χ0v) is 20.7. The van der Waals surface area contributed by atoms with E-state index in [2.05, 4.69) is 16.0 Å². The minimum atomic E-state index is -1.31. The molecule has 13 nitrogen and oxygen atoms in total. The van der Waals surface area contributed by atoms with E-state index in [1.165, 1.54) is 13.8 Å². The van der Waals surface area contributed by atoms with Gasteiger partial charge in [-0.25, -0.2) is 4.79 Å². The molecule has 0 rings (SSSR count). The van der Waals surface area contributed by atoms with Gasteiger partial charge in [0.25, 0.3) is 0 Å². The number of esters is 1. The average molecular weight is 491 g/mol. The molecule has 34 heavy (non-hydrogen) atoms. The molecule has 0 heterocycles. The summed E-state index contributed by atoms with van der Waals surface area (Å²) in [4.78, 5) is 60.2. The summed E-state index contributed by atoms with van der Waals surface area (Å²) in [6.45, 7) is 8.79. The number of rotatable bonds is 16. The summed E-state index contributed by atoms with van der Waals surface area (Å²) < 4.78 is 20.4. The molecule has 0 unspecified atom stereocenters. The fraction of sp³-hybridized carbons (Fsp3) is 0.762. The normalized spacial score (nSPS) is 13.8. The predicted molar refractivity (Wildman–Crippen MR) is 120 cm³/mol. The van der Waals surface area contributed by atoms with Gasteiger partial charge in [0.2, 0.25) is 23.6 Å². The summed E-state index contributed by atoms with van der Waals surface area (Å²) in [5.41, 5.74) is 4.31. The van der Waals surface area contributed by atoms with Crippen molar-refractivity contribution in [3.63, 3.8) is 0 Å². The van der Waals surface area contributed by atoms with Crippen LogP contribution in [0.5, 0.6) is 0 Å². The van der Waals surface area contributed by atoms with Gasteiger partial charge in [-0.2, -0.15) is 0 Å². The number of methoxy groups -OCH3 is 1. The van der Waals surface area contributed by atoms with Gasteiger partial charge >= 0.3 is 5.97 Å². The molecule has 0 fully saturated rings. The maximum absolute atomic E-state index is 12.4. The summed E-state index contributed by atoms with van der Waals surface area (Å²) in [5.74, 6) is -3.54. The van der Waals surface area contributed by atoms with E-state index in [0.717, 1.165) is 0 Å². The van der Waals surface area contributed by atoms with Crippen LogP contribution in [0.2, 0.25) is 0 Å². The molecule has 0 aliphatic carbocycles. The first-order valence-electron chi connectivity index (χ1n) is 10.8. The SMILES string of the molecule is COCCOCCOCC(=O)N[C@@H](C)C(=O)N[C@@H](C)C(=O)N[C@@H](CC(N)=O)C(=O)OC(C)(C)C. The number of ether oxygens (including phenoxy) is 4. The molecule has 13 heteroatoms. The van der Waals surface area contributed by atoms with Crippen LogP contribution < -0.4 is 21.7 Å². The number of nitrogens with one attached hydrogen (secondary N) is 3. The van der Waals surface area contributed by atoms with Gasteiger partial charge in [0.05, 0.1) is 32.8 Å². The van der Waals surface area contributed by atoms with Crippen molar-refractivity contribution in [2.24, 2.45) is 5.73 Å². The van der Waals surface area contributed by atoms with Gasteiger partial charge in [-0.05, 0) is 34.6 Å². The fourth-order valence-electron chi connectivity index (χ4n) is 2.34. The largest absolute Gasteiger partial charge is 0.458 e. The van der Waals surface area contributed by atoms with Crippen LogP contribution in [0, 0.1) is 0 Å². The summed E-state index contributed by atoms with van der Waals surface area (Å²) in [5, 5.41) is 7.21. The smallest absolute Gasteiger partial charge is 0.329 e. The van der Waals surface area contributed by atoms with E-state index in [1.54, 1.807) is 27.9 Å². The van der Waals surface area contributed by atoms with Crippen molar-refractivity contribution in [3.8, 4) is 0 Å². The van der Waals surface area contributed by atoms with Gasteiger partial charge in [0.15, 0.2) is 0 Å². The molecule has 196 valence electrons. The lowest BCUT2D eigenvalue weighted by molar-refractivity contribution is -0.159. The molecule has 0 aromatic carbocycles. The minimum Gasteiger partial charge on any atom is -0.458 e. The summed E-state index contributed by atoms with van der Waals surface area (Å²) in [7, 11) is 1.56. The predicted octanol–water partition coefficient (Wildman–Crippen LogP) is -1.62. The highest BCUT2D eigenvalue weighted by atomic mass is 16.6. The average Bonchev–Trinajstić information content (AvgIpc) is 2.70. The van der Waals surface area contributed by atoms with Crippen molar-refractivity contribution < 1.29 is 42.9 Å². The van der Waals surface area contributed by atoms with Crippen molar-refractivity contribution >= 4 is 29.6 Å². The Hall–Kier alpha value is -2.77. The first-order valence-corrected chi connectivity index (χ1v) is 10.8. The van der Waals surface area contributed by atoms with E-state index in [9.17, 15) is 24.0 Å². The molecule has 0 aromatic heterocycles. The summed E-state index contributed by atoms with van der Waals surface area (Å²) in [6, 6.07) is -3.35. The zero-order valence-electron chi connectivity index (χ0n) is 20.7. The third kappa shape index (κ3) is 15.1. The van der Waals surface area contributed by atoms with Crippen LogP contribution in [0.1, 0.15) is 41.0 Å². The quantitative estimate of drug-likeness (QED) is 0.146. The van der Waals surface area contributed by atoms with Gasteiger partial charge in [-0.15, -0.1) is 0 Å². The van der Waals surface area contributed by atoms with Crippen LogP contribution >= 0.6 is 0 Å². The maximum atomic E-state index is 12.4. The molecule has 0 bridgehead atoms. The number of carbonyl (C=O) groups is 5. The van der Waals surface area contributed by atoms with Crippen LogP contribution in [0.25, 0.3) is 0 Å². The van der Waals surface area contributed by atoms with Gasteiger partial charge < -0.3 is 40.6 Å². The molecule has 5 N–H and O–H groups in total. The van der Waals surface area contributed by atoms with Crippen molar-refractivity contribution in [2.75, 3.05) is 40.1 Å². The lowest BCUT2D eigenvalue weighted by Gasteiger charge is -2.25. The van der Waals surface area contributed by atoms with E-state index in [0.29, 0.717) is 19.8 Å². The number of carbonyl (C=O) groups excluding carboxylic acids is 5. The molecular formula is C21H38N4O9. The Labute approximate surface area is 199 Å². The maximum Gasteiger partial charge on any atom is 0.329 e. The lowest BCUT2D eigenvalue weighted by Crippen LogP contribution is -2.55. The third-order valence-corrected chi connectivity index (χ3v) is 3.97. The van der Waals surface area contributed by atoms with Crippen LogP contribution in [0.3, 0.4) is 0 Å². The molecule has 0 aliphatic rings. The molecule has 0 aliphatic heterocycles. The Balaban J connectivity index is 4.56. The second kappa shape index (κ2) is 16.0. The molecule has 3 atom stereocenters. The highest BCUT2D eigenvalue weighted by Crippen LogP contribution is 2.10. The van der Waals surface area contributed by atoms with Crippen LogP contribution in [-0.2, 0) is 42.9 Å². The molecule has 4 amide bonds. The van der Waals surface area contributed by atoms with Crippen LogP contribution in [0.4, 0.5) is 0 Å². The van der Waals surface area contributed by atoms with E-state index in [1.807, 2.05) is 0 Å². The fourth-order valence-corrected chi connectivity index (χ4v) is 2.34. The molecule has 0 saturated carbocycles. The van der Waals surface area contributed by atoms with Gasteiger partial charge in [-0.1, -0.05) is 0 Å². The second-order valence-electron chi connectivity index (χ2n) is 8.44. The van der Waals surface area contributed by atoms with E-state index >= 15 is 0 Å². The van der Waals surface area contributed by atoms with Crippen molar-refractivity contribution in [1.82, 2.24) is 16.0 Å². The highest BCUT2D eigenvalue weighted by molar-refractivity contribution is 5.94.